The number of aliphatic hydroxyl groups is 1. The lowest BCUT2D eigenvalue weighted by Crippen LogP contribution is -2.59. The van der Waals surface area contributed by atoms with Crippen LogP contribution in [0.3, 0.4) is 0 Å². The van der Waals surface area contributed by atoms with Crippen molar-refractivity contribution in [2.24, 2.45) is 29.0 Å². The number of nitrogens with zero attached hydrogens (tertiary/aromatic N) is 2. The molecular formula is C69H110N22O20S2. The molecule has 0 fully saturated rings. The van der Waals surface area contributed by atoms with E-state index in [0.717, 1.165) is 11.8 Å². The summed E-state index contributed by atoms with van der Waals surface area (Å²) in [7, 11) is 3.23. The molecule has 628 valence electrons. The van der Waals surface area contributed by atoms with Crippen LogP contribution >= 0.6 is 23.5 Å². The summed E-state index contributed by atoms with van der Waals surface area (Å²) in [5.41, 5.74) is 18.4. The third kappa shape index (κ3) is 38.0. The molecule has 0 aliphatic carbocycles. The van der Waals surface area contributed by atoms with E-state index in [2.05, 4.69) is 94.7 Å². The Morgan fingerprint density at radius 2 is 1.13 bits per heavy atom. The number of hydrogen-bond donors (Lipinski definition) is 21. The number of imidazole rings is 1. The summed E-state index contributed by atoms with van der Waals surface area (Å²) < 4.78 is 10.8. The first-order valence-corrected chi connectivity index (χ1v) is 38.7. The predicted molar refractivity (Wildman–Crippen MR) is 414 cm³/mol. The molecule has 17 amide bonds. The molecule has 0 saturated heterocycles. The van der Waals surface area contributed by atoms with Gasteiger partial charge in [-0.3, -0.25) is 81.5 Å². The molecule has 44 heteroatoms. The van der Waals surface area contributed by atoms with Crippen LogP contribution in [0, 0.1) is 11.8 Å². The number of para-hydroxylation sites is 1. The highest BCUT2D eigenvalue weighted by atomic mass is 32.2. The second kappa shape index (κ2) is 51.9. The van der Waals surface area contributed by atoms with E-state index >= 15 is 0 Å². The number of H-pyrrole nitrogens is 2. The van der Waals surface area contributed by atoms with Gasteiger partial charge in [0.15, 0.2) is 0 Å². The van der Waals surface area contributed by atoms with Crippen LogP contribution in [0.2, 0.25) is 0 Å². The van der Waals surface area contributed by atoms with Gasteiger partial charge in [-0.25, -0.2) is 4.98 Å². The number of nitrogens with one attached hydrogen (secondary N) is 17. The predicted octanol–water partition coefficient (Wildman–Crippen LogP) is -8.41. The highest BCUT2D eigenvalue weighted by Gasteiger charge is 2.35. The van der Waals surface area contributed by atoms with Crippen molar-refractivity contribution >= 4 is 135 Å². The molecule has 2 aromatic heterocycles. The van der Waals surface area contributed by atoms with Crippen LogP contribution in [-0.4, -0.2) is 296 Å². The zero-order valence-electron chi connectivity index (χ0n) is 64.8. The lowest BCUT2D eigenvalue weighted by Gasteiger charge is -2.26. The number of aromatic nitrogens is 3. The van der Waals surface area contributed by atoms with Crippen molar-refractivity contribution in [1.82, 2.24) is 99.6 Å². The topological polar surface area (TPSA) is 635 Å². The van der Waals surface area contributed by atoms with E-state index in [9.17, 15) is 86.6 Å². The molecule has 0 saturated carbocycles. The number of aromatic amines is 2. The van der Waals surface area contributed by atoms with Crippen molar-refractivity contribution in [3.05, 3.63) is 54.2 Å². The Morgan fingerprint density at radius 3 is 1.74 bits per heavy atom. The molecule has 2 heterocycles. The SMILES string of the molecule is CSCC[C@H](NC(=O)[C@H](CC(C)C)NC(=O)[C@H](Cc1cnc[nH]1)NC(=O)CNC(=O)[C@@H](NC(=O)[C@H](C)NC(=O)[C@H](Cc1c[nH]c2ccccc12)NC(=O)[C@H](CCC(N)=O)NC(=O)CNC(=O)COCCOCCNC(=O)C(CN)NC(=O)CNC(=O)[C@H](CSCNC(C)=O)NC(=O)[C@H](CO)NC(=O)CN(C)C)C(C)C)C(N)=O. The molecule has 0 aliphatic rings. The maximum Gasteiger partial charge on any atom is 0.246 e. The zero-order valence-corrected chi connectivity index (χ0v) is 66.4. The quantitative estimate of drug-likeness (QED) is 0.0184. The number of nitrogens with two attached hydrogens (primary N) is 3. The minimum absolute atomic E-state index is 0.0575. The molecule has 0 radical (unpaired) electrons. The summed E-state index contributed by atoms with van der Waals surface area (Å²) in [6.07, 6.45) is 5.49. The number of carbonyl (C=O) groups excluding carboxylic acids is 17. The molecule has 3 aromatic rings. The normalized spacial score (nSPS) is 13.8. The third-order valence-corrected chi connectivity index (χ3v) is 17.8. The number of amides is 17. The molecule has 24 N–H and O–H groups in total. The lowest BCUT2D eigenvalue weighted by molar-refractivity contribution is -0.135. The summed E-state index contributed by atoms with van der Waals surface area (Å²) in [5.74, 6) is -13.6. The van der Waals surface area contributed by atoms with Gasteiger partial charge in [0.25, 0.3) is 0 Å². The molecule has 0 spiro atoms. The number of carbonyl (C=O) groups is 17. The van der Waals surface area contributed by atoms with E-state index in [1.165, 1.54) is 43.0 Å². The monoisotopic (exact) mass is 1630 g/mol. The summed E-state index contributed by atoms with van der Waals surface area (Å²) in [6.45, 7) is 5.15. The first kappa shape index (κ1) is 96.7. The van der Waals surface area contributed by atoms with Crippen LogP contribution in [0.5, 0.6) is 0 Å². The molecule has 3 rings (SSSR count). The van der Waals surface area contributed by atoms with Gasteiger partial charge in [-0.2, -0.15) is 11.8 Å². The highest BCUT2D eigenvalue weighted by Crippen LogP contribution is 2.20. The molecule has 42 nitrogen and oxygen atoms in total. The minimum atomic E-state index is -1.53. The first-order valence-electron chi connectivity index (χ1n) is 36.2. The second-order valence-electron chi connectivity index (χ2n) is 26.9. The fourth-order valence-electron chi connectivity index (χ4n) is 10.4. The Hall–Kier alpha value is -10.5. The standard InChI is InChI=1S/C69H110N22O20S2/c1-37(2)22-47(66(106)86-45(60(72)100)16-21-112-9)87-67(107)49(24-42-27-73-35-79-42)83-55(96)30-78-69(109)59(38(3)4)90-61(101)39(5)81-65(105)48(23-41-26-75-44-13-11-10-12-43(41)44)88-64(104)46(14-15-53(71)94)82-54(95)28-76-58(99)33-111-20-19-110-18-17-74-62(102)50(25-70)84-56(97)29-77-63(103)52(34-113-36-80-40(6)93)89-68(108)51(32-92)85-57(98)31-91(7)8/h10-13,26-27,35,37-39,45-52,59,75,92H,14-25,28-34,36,70H2,1-9H3,(H2,71,94)(H2,72,100)(H,73,79)(H,74,102)(H,76,99)(H,77,103)(H,78,109)(H,80,93)(H,81,105)(H,82,95)(H,83,96)(H,84,97)(H,85,98)(H,86,106)(H,87,107)(H,88,104)(H,89,108)(H,90,101)/t39-,45-,46-,47-,48-,49-,50?,51-,52-,59-/m0/s1. The Morgan fingerprint density at radius 1 is 0.566 bits per heavy atom. The van der Waals surface area contributed by atoms with Crippen molar-refractivity contribution in [3.63, 3.8) is 0 Å². The van der Waals surface area contributed by atoms with Crippen LogP contribution in [-0.2, 0) is 104 Å². The van der Waals surface area contributed by atoms with Crippen molar-refractivity contribution in [3.8, 4) is 0 Å². The maximum atomic E-state index is 14.4. The number of hydrogen-bond acceptors (Lipinski definition) is 25. The van der Waals surface area contributed by atoms with E-state index in [-0.39, 0.29) is 95.0 Å². The van der Waals surface area contributed by atoms with Gasteiger partial charge in [-0.05, 0) is 75.8 Å². The number of likely N-dealkylation sites (N-methyl/N-ethyl adjacent to an activating group) is 1. The molecule has 1 unspecified atom stereocenters. The van der Waals surface area contributed by atoms with E-state index in [4.69, 9.17) is 26.7 Å². The maximum absolute atomic E-state index is 14.4. The van der Waals surface area contributed by atoms with E-state index in [1.807, 2.05) is 20.1 Å². The van der Waals surface area contributed by atoms with Crippen molar-refractivity contribution < 1.29 is 96.1 Å². The fraction of sp³-hybridized carbons (Fsp3) is 0.594. The largest absolute Gasteiger partial charge is 0.394 e. The van der Waals surface area contributed by atoms with E-state index < -0.39 is 200 Å². The fourth-order valence-corrected chi connectivity index (χ4v) is 11.7. The third-order valence-electron chi connectivity index (χ3n) is 16.3. The average Bonchev–Trinajstić information content (AvgIpc) is 1.71. The van der Waals surface area contributed by atoms with Crippen molar-refractivity contribution in [1.29, 1.82) is 0 Å². The first-order chi connectivity index (χ1) is 53.5. The second-order valence-corrected chi connectivity index (χ2v) is 28.9. The number of aliphatic hydroxyl groups excluding tert-OH is 1. The number of fused-ring (bicyclic) bond motifs is 1. The molecular weight excluding hydrogens is 1520 g/mol. The minimum Gasteiger partial charge on any atom is -0.394 e. The zero-order chi connectivity index (χ0) is 84.3. The van der Waals surface area contributed by atoms with Gasteiger partial charge in [0.05, 0.1) is 64.8 Å². The van der Waals surface area contributed by atoms with E-state index in [0.29, 0.717) is 27.9 Å². The number of ether oxygens (including phenoxy) is 2. The van der Waals surface area contributed by atoms with Gasteiger partial charge in [-0.15, -0.1) is 11.8 Å². The molecule has 0 aliphatic heterocycles. The van der Waals surface area contributed by atoms with Gasteiger partial charge in [0.2, 0.25) is 100 Å². The summed E-state index contributed by atoms with van der Waals surface area (Å²) in [4.78, 5) is 235. The van der Waals surface area contributed by atoms with Crippen LogP contribution in [0.1, 0.15) is 78.5 Å². The van der Waals surface area contributed by atoms with Crippen LogP contribution in [0.15, 0.2) is 43.0 Å². The Balaban J connectivity index is 1.57. The summed E-state index contributed by atoms with van der Waals surface area (Å²) in [5, 5.41) is 47.9. The van der Waals surface area contributed by atoms with Gasteiger partial charge in [0, 0.05) is 74.0 Å². The van der Waals surface area contributed by atoms with Crippen LogP contribution < -0.4 is 97.0 Å². The lowest BCUT2D eigenvalue weighted by atomic mass is 10.0. The summed E-state index contributed by atoms with van der Waals surface area (Å²) in [6, 6.07) is -6.15. The number of benzene rings is 1. The molecule has 10 atom stereocenters. The number of rotatable bonds is 55. The highest BCUT2D eigenvalue weighted by molar-refractivity contribution is 7.99. The molecule has 1 aromatic carbocycles. The van der Waals surface area contributed by atoms with E-state index in [1.54, 1.807) is 58.4 Å². The molecule has 0 bridgehead atoms. The van der Waals surface area contributed by atoms with Crippen molar-refractivity contribution in [2.45, 2.75) is 140 Å². The summed E-state index contributed by atoms with van der Waals surface area (Å²) >= 11 is 2.50. The van der Waals surface area contributed by atoms with Crippen molar-refractivity contribution in [2.75, 3.05) is 110 Å². The number of primary amides is 2. The Labute approximate surface area is 661 Å². The molecule has 113 heavy (non-hydrogen) atoms. The Kier molecular flexibility index (Phi) is 44.4. The van der Waals surface area contributed by atoms with Crippen LogP contribution in [0.4, 0.5) is 0 Å². The average molecular weight is 1630 g/mol. The van der Waals surface area contributed by atoms with Gasteiger partial charge in [0.1, 0.15) is 67.0 Å². The smallest absolute Gasteiger partial charge is 0.246 e. The number of thioether (sulfide) groups is 2. The van der Waals surface area contributed by atoms with Gasteiger partial charge >= 0.3 is 0 Å². The van der Waals surface area contributed by atoms with Gasteiger partial charge in [-0.1, -0.05) is 45.9 Å². The van der Waals surface area contributed by atoms with Gasteiger partial charge < -0.3 is 126 Å². The Bertz CT molecular complexity index is 3680. The van der Waals surface area contributed by atoms with Crippen LogP contribution in [0.25, 0.3) is 10.9 Å².